The fraction of sp³-hybridized carbons (Fsp3) is 0.300. The van der Waals surface area contributed by atoms with E-state index in [1.807, 2.05) is 30.0 Å². The van der Waals surface area contributed by atoms with E-state index in [1.165, 1.54) is 5.56 Å². The molecule has 0 radical (unpaired) electrons. The van der Waals surface area contributed by atoms with Gasteiger partial charge in [-0.25, -0.2) is 0 Å². The number of halogens is 1. The van der Waals surface area contributed by atoms with Crippen LogP contribution in [-0.2, 0) is 16.0 Å². The van der Waals surface area contributed by atoms with Gasteiger partial charge in [0.15, 0.2) is 0 Å². The number of rotatable bonds is 5. The highest BCUT2D eigenvalue weighted by Gasteiger charge is 2.30. The quantitative estimate of drug-likeness (QED) is 0.878. The number of amides is 2. The van der Waals surface area contributed by atoms with Crippen LogP contribution in [0, 0.1) is 0 Å². The molecule has 1 heterocycles. The molecule has 0 aliphatic carbocycles. The Morgan fingerprint density at radius 2 is 1.85 bits per heavy atom. The molecule has 136 valence electrons. The lowest BCUT2D eigenvalue weighted by Gasteiger charge is -2.25. The summed E-state index contributed by atoms with van der Waals surface area (Å²) in [6, 6.07) is 15.0. The minimum absolute atomic E-state index is 0.00393. The van der Waals surface area contributed by atoms with E-state index in [1.54, 1.807) is 36.2 Å². The molecule has 6 heteroatoms. The first-order chi connectivity index (χ1) is 12.4. The summed E-state index contributed by atoms with van der Waals surface area (Å²) < 4.78 is 0. The predicted molar refractivity (Wildman–Crippen MR) is 105 cm³/mol. The van der Waals surface area contributed by atoms with Crippen molar-refractivity contribution in [2.45, 2.75) is 19.4 Å². The highest BCUT2D eigenvalue weighted by atomic mass is 35.5. The zero-order valence-electron chi connectivity index (χ0n) is 14.9. The maximum Gasteiger partial charge on any atom is 0.241 e. The van der Waals surface area contributed by atoms with Gasteiger partial charge < -0.3 is 10.2 Å². The Bertz CT molecular complexity index is 807. The number of likely N-dealkylation sites (N-methyl/N-ethyl adjacent to an activating group) is 1. The number of para-hydroxylation sites is 1. The lowest BCUT2D eigenvalue weighted by atomic mass is 10.1. The van der Waals surface area contributed by atoms with Gasteiger partial charge in [-0.1, -0.05) is 29.8 Å². The van der Waals surface area contributed by atoms with Crippen LogP contribution in [0.15, 0.2) is 48.5 Å². The van der Waals surface area contributed by atoms with Crippen LogP contribution in [0.2, 0.25) is 5.02 Å². The molecule has 0 saturated carbocycles. The van der Waals surface area contributed by atoms with Gasteiger partial charge in [0.1, 0.15) is 0 Å². The zero-order valence-corrected chi connectivity index (χ0v) is 15.7. The zero-order chi connectivity index (χ0) is 18.7. The van der Waals surface area contributed by atoms with E-state index in [2.05, 4.69) is 11.4 Å². The third kappa shape index (κ3) is 4.23. The van der Waals surface area contributed by atoms with E-state index < -0.39 is 0 Å². The monoisotopic (exact) mass is 371 g/mol. The Hall–Kier alpha value is -2.37. The van der Waals surface area contributed by atoms with E-state index in [0.717, 1.165) is 12.1 Å². The number of carbonyl (C=O) groups excluding carboxylic acids is 2. The summed E-state index contributed by atoms with van der Waals surface area (Å²) in [7, 11) is 1.77. The first kappa shape index (κ1) is 18.4. The van der Waals surface area contributed by atoms with Crippen LogP contribution < -0.4 is 10.2 Å². The number of carbonyl (C=O) groups is 2. The molecule has 0 unspecified atom stereocenters. The lowest BCUT2D eigenvalue weighted by Crippen LogP contribution is -2.43. The van der Waals surface area contributed by atoms with Gasteiger partial charge in [-0.15, -0.1) is 0 Å². The molecule has 0 spiro atoms. The second kappa shape index (κ2) is 7.89. The van der Waals surface area contributed by atoms with Crippen molar-refractivity contribution in [1.29, 1.82) is 0 Å². The highest BCUT2D eigenvalue weighted by Crippen LogP contribution is 2.31. The van der Waals surface area contributed by atoms with Gasteiger partial charge in [-0.05, 0) is 56.3 Å². The Morgan fingerprint density at radius 1 is 1.15 bits per heavy atom. The summed E-state index contributed by atoms with van der Waals surface area (Å²) in [5.41, 5.74) is 2.85. The Labute approximate surface area is 158 Å². The third-order valence-electron chi connectivity index (χ3n) is 4.42. The SMILES string of the molecule is C[C@@H]1Cc2ccccc2N1C(=O)CN(C)CC(=O)Nc1ccc(Cl)cc1. The number of benzene rings is 2. The molecule has 0 bridgehead atoms. The van der Waals surface area contributed by atoms with Crippen LogP contribution in [0.1, 0.15) is 12.5 Å². The molecule has 2 aromatic carbocycles. The number of fused-ring (bicyclic) bond motifs is 1. The Kier molecular flexibility index (Phi) is 5.59. The topological polar surface area (TPSA) is 52.7 Å². The average Bonchev–Trinajstić information content (AvgIpc) is 2.92. The van der Waals surface area contributed by atoms with Gasteiger partial charge in [-0.2, -0.15) is 0 Å². The summed E-state index contributed by atoms with van der Waals surface area (Å²) in [4.78, 5) is 28.5. The van der Waals surface area contributed by atoms with E-state index in [0.29, 0.717) is 10.7 Å². The van der Waals surface area contributed by atoms with E-state index in [-0.39, 0.29) is 30.9 Å². The molecule has 3 rings (SSSR count). The maximum atomic E-state index is 12.7. The second-order valence-electron chi connectivity index (χ2n) is 6.67. The van der Waals surface area contributed by atoms with E-state index in [4.69, 9.17) is 11.6 Å². The van der Waals surface area contributed by atoms with Gasteiger partial charge in [0.05, 0.1) is 13.1 Å². The van der Waals surface area contributed by atoms with E-state index >= 15 is 0 Å². The Morgan fingerprint density at radius 3 is 2.58 bits per heavy atom. The lowest BCUT2D eigenvalue weighted by molar-refractivity contribution is -0.121. The van der Waals surface area contributed by atoms with Gasteiger partial charge in [-0.3, -0.25) is 14.5 Å². The number of anilines is 2. The molecule has 1 N–H and O–H groups in total. The molecule has 2 amide bonds. The first-order valence-electron chi connectivity index (χ1n) is 8.58. The molecule has 5 nitrogen and oxygen atoms in total. The van der Waals surface area contributed by atoms with Crippen molar-refractivity contribution in [2.75, 3.05) is 30.4 Å². The molecule has 2 aromatic rings. The molecule has 0 aromatic heterocycles. The summed E-state index contributed by atoms with van der Waals surface area (Å²) in [6.45, 7) is 2.37. The molecule has 0 fully saturated rings. The standard InChI is InChI=1S/C20H22ClN3O2/c1-14-11-15-5-3-4-6-18(15)24(14)20(26)13-23(2)12-19(25)22-17-9-7-16(21)8-10-17/h3-10,14H,11-13H2,1-2H3,(H,22,25)/t14-/m1/s1. The van der Waals surface area contributed by atoms with Crippen molar-refractivity contribution >= 4 is 34.8 Å². The van der Waals surface area contributed by atoms with E-state index in [9.17, 15) is 9.59 Å². The largest absolute Gasteiger partial charge is 0.325 e. The molecule has 1 atom stereocenters. The molecule has 0 saturated heterocycles. The van der Waals surface area contributed by atoms with Crippen LogP contribution in [0.3, 0.4) is 0 Å². The minimum atomic E-state index is -0.169. The summed E-state index contributed by atoms with van der Waals surface area (Å²) >= 11 is 5.84. The van der Waals surface area contributed by atoms with Crippen molar-refractivity contribution in [3.05, 3.63) is 59.1 Å². The number of hydrogen-bond acceptors (Lipinski definition) is 3. The van der Waals surface area contributed by atoms with Crippen LogP contribution in [0.4, 0.5) is 11.4 Å². The predicted octanol–water partition coefficient (Wildman–Crippen LogP) is 3.19. The van der Waals surface area contributed by atoms with Crippen molar-refractivity contribution in [1.82, 2.24) is 4.90 Å². The summed E-state index contributed by atoms with van der Waals surface area (Å²) in [5.74, 6) is -0.165. The third-order valence-corrected chi connectivity index (χ3v) is 4.67. The minimum Gasteiger partial charge on any atom is -0.325 e. The summed E-state index contributed by atoms with van der Waals surface area (Å²) in [5, 5.41) is 3.42. The van der Waals surface area contributed by atoms with Gasteiger partial charge in [0, 0.05) is 22.4 Å². The summed E-state index contributed by atoms with van der Waals surface area (Å²) in [6.07, 6.45) is 0.864. The molecule has 1 aliphatic rings. The van der Waals surface area contributed by atoms with Crippen LogP contribution in [0.5, 0.6) is 0 Å². The maximum absolute atomic E-state index is 12.7. The average molecular weight is 372 g/mol. The van der Waals surface area contributed by atoms with Crippen LogP contribution in [0.25, 0.3) is 0 Å². The van der Waals surface area contributed by atoms with Gasteiger partial charge in [0.25, 0.3) is 0 Å². The van der Waals surface area contributed by atoms with Crippen molar-refractivity contribution in [3.8, 4) is 0 Å². The fourth-order valence-electron chi connectivity index (χ4n) is 3.29. The smallest absolute Gasteiger partial charge is 0.241 e. The highest BCUT2D eigenvalue weighted by molar-refractivity contribution is 6.30. The van der Waals surface area contributed by atoms with Crippen LogP contribution in [-0.4, -0.2) is 42.9 Å². The number of nitrogens with one attached hydrogen (secondary N) is 1. The van der Waals surface area contributed by atoms with Crippen molar-refractivity contribution in [2.24, 2.45) is 0 Å². The molecular formula is C20H22ClN3O2. The molecular weight excluding hydrogens is 350 g/mol. The van der Waals surface area contributed by atoms with Gasteiger partial charge in [0.2, 0.25) is 11.8 Å². The van der Waals surface area contributed by atoms with Crippen molar-refractivity contribution < 1.29 is 9.59 Å². The number of nitrogens with zero attached hydrogens (tertiary/aromatic N) is 2. The fourth-order valence-corrected chi connectivity index (χ4v) is 3.41. The first-order valence-corrected chi connectivity index (χ1v) is 8.96. The molecule has 1 aliphatic heterocycles. The van der Waals surface area contributed by atoms with Gasteiger partial charge >= 0.3 is 0 Å². The normalized spacial score (nSPS) is 15.8. The number of hydrogen-bond donors (Lipinski definition) is 1. The molecule has 26 heavy (non-hydrogen) atoms. The van der Waals surface area contributed by atoms with Crippen LogP contribution >= 0.6 is 11.6 Å². The Balaban J connectivity index is 1.56. The van der Waals surface area contributed by atoms with Crippen molar-refractivity contribution in [3.63, 3.8) is 0 Å². The second-order valence-corrected chi connectivity index (χ2v) is 7.11.